The molecule has 94 valence electrons. The molecule has 2 heteroatoms. The summed E-state index contributed by atoms with van der Waals surface area (Å²) in [6.45, 7) is 5.19. The third-order valence-electron chi connectivity index (χ3n) is 3.15. The molecule has 0 saturated heterocycles. The Morgan fingerprint density at radius 1 is 1.00 bits per heavy atom. The summed E-state index contributed by atoms with van der Waals surface area (Å²) in [4.78, 5) is 0. The molecule has 0 atom stereocenters. The molecule has 0 spiro atoms. The van der Waals surface area contributed by atoms with E-state index >= 15 is 0 Å². The van der Waals surface area contributed by atoms with Gasteiger partial charge in [-0.05, 0) is 36.1 Å². The average molecular weight is 304 g/mol. The smallest absolute Gasteiger partial charge is 0.0412 e. The van der Waals surface area contributed by atoms with Crippen LogP contribution in [0.4, 0.5) is 5.69 Å². The van der Waals surface area contributed by atoms with Gasteiger partial charge in [0.2, 0.25) is 0 Å². The minimum atomic E-state index is 0.847. The third-order valence-corrected chi connectivity index (χ3v) is 3.93. The number of aryl methyl sites for hydroxylation is 2. The van der Waals surface area contributed by atoms with Gasteiger partial charge in [-0.2, -0.15) is 0 Å². The zero-order valence-corrected chi connectivity index (χ0v) is 12.4. The molecule has 0 radical (unpaired) electrons. The van der Waals surface area contributed by atoms with Crippen LogP contribution in [0, 0.1) is 6.92 Å². The van der Waals surface area contributed by atoms with Crippen LogP contribution in [-0.4, -0.2) is 0 Å². The van der Waals surface area contributed by atoms with E-state index < -0.39 is 0 Å². The molecule has 0 aromatic heterocycles. The van der Waals surface area contributed by atoms with Crippen molar-refractivity contribution in [1.82, 2.24) is 0 Å². The summed E-state index contributed by atoms with van der Waals surface area (Å²) in [5, 5.41) is 3.56. The van der Waals surface area contributed by atoms with E-state index in [1.54, 1.807) is 0 Å². The zero-order valence-electron chi connectivity index (χ0n) is 10.8. The molecule has 0 unspecified atom stereocenters. The highest BCUT2D eigenvalue weighted by Crippen LogP contribution is 2.23. The maximum atomic E-state index is 3.58. The predicted molar refractivity (Wildman–Crippen MR) is 82.0 cm³/mol. The highest BCUT2D eigenvalue weighted by molar-refractivity contribution is 9.10. The number of para-hydroxylation sites is 1. The van der Waals surface area contributed by atoms with E-state index in [4.69, 9.17) is 0 Å². The molecule has 0 amide bonds. The van der Waals surface area contributed by atoms with Gasteiger partial charge in [-0.1, -0.05) is 59.3 Å². The number of nitrogens with one attached hydrogen (secondary N) is 1. The van der Waals surface area contributed by atoms with Gasteiger partial charge in [0.05, 0.1) is 0 Å². The Bertz CT molecular complexity index is 534. The lowest BCUT2D eigenvalue weighted by atomic mass is 10.1. The molecule has 2 aromatic rings. The molecule has 0 aliphatic rings. The van der Waals surface area contributed by atoms with Gasteiger partial charge in [0.25, 0.3) is 0 Å². The fourth-order valence-electron chi connectivity index (χ4n) is 2.10. The lowest BCUT2D eigenvalue weighted by Crippen LogP contribution is -2.04. The van der Waals surface area contributed by atoms with Crippen molar-refractivity contribution in [2.45, 2.75) is 26.8 Å². The van der Waals surface area contributed by atoms with E-state index in [1.807, 2.05) is 6.07 Å². The van der Waals surface area contributed by atoms with Gasteiger partial charge in [0.1, 0.15) is 0 Å². The lowest BCUT2D eigenvalue weighted by molar-refractivity contribution is 1.08. The quantitative estimate of drug-likeness (QED) is 0.844. The summed E-state index contributed by atoms with van der Waals surface area (Å²) in [5.41, 5.74) is 5.24. The summed E-state index contributed by atoms with van der Waals surface area (Å²) >= 11 is 3.58. The summed E-state index contributed by atoms with van der Waals surface area (Å²) in [6.07, 6.45) is 1.06. The molecular weight excluding hydrogens is 286 g/mol. The van der Waals surface area contributed by atoms with Gasteiger partial charge in [-0.15, -0.1) is 0 Å². The Hall–Kier alpha value is -1.28. The zero-order chi connectivity index (χ0) is 13.0. The molecule has 1 nitrogen and oxygen atoms in total. The molecule has 0 aliphatic carbocycles. The van der Waals surface area contributed by atoms with Crippen LogP contribution in [0.3, 0.4) is 0 Å². The second-order valence-corrected chi connectivity index (χ2v) is 5.26. The monoisotopic (exact) mass is 303 g/mol. The van der Waals surface area contributed by atoms with Crippen molar-refractivity contribution in [2.75, 3.05) is 5.32 Å². The van der Waals surface area contributed by atoms with E-state index in [1.165, 1.54) is 22.4 Å². The predicted octanol–water partition coefficient (Wildman–Crippen LogP) is 4.93. The van der Waals surface area contributed by atoms with Crippen LogP contribution in [0.2, 0.25) is 0 Å². The number of rotatable bonds is 4. The van der Waals surface area contributed by atoms with Gasteiger partial charge in [-0.3, -0.25) is 0 Å². The molecule has 0 fully saturated rings. The Labute approximate surface area is 117 Å². The fourth-order valence-corrected chi connectivity index (χ4v) is 2.53. The third kappa shape index (κ3) is 2.94. The topological polar surface area (TPSA) is 12.0 Å². The normalized spacial score (nSPS) is 10.4. The van der Waals surface area contributed by atoms with E-state index in [-0.39, 0.29) is 0 Å². The highest BCUT2D eigenvalue weighted by atomic mass is 79.9. The first-order valence-electron chi connectivity index (χ1n) is 6.28. The minimum absolute atomic E-state index is 0.847. The Kier molecular flexibility index (Phi) is 4.43. The summed E-state index contributed by atoms with van der Waals surface area (Å²) in [7, 11) is 0. The minimum Gasteiger partial charge on any atom is -0.380 e. The van der Waals surface area contributed by atoms with E-state index in [0.29, 0.717) is 0 Å². The Balaban J connectivity index is 2.18. The van der Waals surface area contributed by atoms with Gasteiger partial charge in [0.15, 0.2) is 0 Å². The van der Waals surface area contributed by atoms with E-state index in [2.05, 4.69) is 71.5 Å². The molecule has 1 N–H and O–H groups in total. The van der Waals surface area contributed by atoms with E-state index in [9.17, 15) is 0 Å². The maximum Gasteiger partial charge on any atom is 0.0412 e. The van der Waals surface area contributed by atoms with Crippen LogP contribution in [0.25, 0.3) is 0 Å². The Morgan fingerprint density at radius 3 is 2.44 bits per heavy atom. The van der Waals surface area contributed by atoms with E-state index in [0.717, 1.165) is 17.4 Å². The maximum absolute atomic E-state index is 3.58. The van der Waals surface area contributed by atoms with Crippen molar-refractivity contribution in [2.24, 2.45) is 0 Å². The molecule has 2 aromatic carbocycles. The van der Waals surface area contributed by atoms with Crippen molar-refractivity contribution < 1.29 is 0 Å². The Morgan fingerprint density at radius 2 is 1.72 bits per heavy atom. The fraction of sp³-hybridized carbons (Fsp3) is 0.250. The van der Waals surface area contributed by atoms with Crippen molar-refractivity contribution in [3.8, 4) is 0 Å². The molecular formula is C16H18BrN. The van der Waals surface area contributed by atoms with Crippen molar-refractivity contribution >= 4 is 21.6 Å². The number of benzene rings is 2. The molecule has 0 aliphatic heterocycles. The van der Waals surface area contributed by atoms with Crippen LogP contribution in [0.1, 0.15) is 23.6 Å². The number of hydrogen-bond donors (Lipinski definition) is 1. The van der Waals surface area contributed by atoms with Crippen molar-refractivity contribution in [3.63, 3.8) is 0 Å². The molecule has 2 rings (SSSR count). The molecule has 0 heterocycles. The second-order valence-electron chi connectivity index (χ2n) is 4.41. The largest absolute Gasteiger partial charge is 0.380 e. The van der Waals surface area contributed by atoms with Crippen LogP contribution in [0.5, 0.6) is 0 Å². The van der Waals surface area contributed by atoms with Crippen LogP contribution >= 0.6 is 15.9 Å². The SMILES string of the molecule is CCc1cccc(C)c1NCc1ccccc1Br. The first-order valence-corrected chi connectivity index (χ1v) is 7.07. The molecule has 0 saturated carbocycles. The van der Waals surface area contributed by atoms with Crippen LogP contribution in [0.15, 0.2) is 46.9 Å². The molecule has 0 bridgehead atoms. The molecule has 18 heavy (non-hydrogen) atoms. The van der Waals surface area contributed by atoms with Crippen LogP contribution < -0.4 is 5.32 Å². The van der Waals surface area contributed by atoms with Crippen molar-refractivity contribution in [3.05, 3.63) is 63.6 Å². The average Bonchev–Trinajstić information content (AvgIpc) is 2.39. The summed E-state index contributed by atoms with van der Waals surface area (Å²) in [6, 6.07) is 14.8. The van der Waals surface area contributed by atoms with Gasteiger partial charge in [0, 0.05) is 16.7 Å². The number of halogens is 1. The summed E-state index contributed by atoms with van der Waals surface area (Å²) in [5.74, 6) is 0. The first kappa shape index (κ1) is 13.2. The van der Waals surface area contributed by atoms with Gasteiger partial charge >= 0.3 is 0 Å². The van der Waals surface area contributed by atoms with Crippen molar-refractivity contribution in [1.29, 1.82) is 0 Å². The first-order chi connectivity index (χ1) is 8.72. The standard InChI is InChI=1S/C16H18BrN/c1-3-13-9-6-7-12(2)16(13)18-11-14-8-4-5-10-15(14)17/h4-10,18H,3,11H2,1-2H3. The van der Waals surface area contributed by atoms with Gasteiger partial charge in [-0.25, -0.2) is 0 Å². The highest BCUT2D eigenvalue weighted by Gasteiger charge is 2.04. The summed E-state index contributed by atoms with van der Waals surface area (Å²) < 4.78 is 1.16. The van der Waals surface area contributed by atoms with Gasteiger partial charge < -0.3 is 5.32 Å². The number of anilines is 1. The van der Waals surface area contributed by atoms with Crippen LogP contribution in [-0.2, 0) is 13.0 Å². The lowest BCUT2D eigenvalue weighted by Gasteiger charge is -2.14. The number of hydrogen-bond acceptors (Lipinski definition) is 1. The second kappa shape index (κ2) is 6.05.